The van der Waals surface area contributed by atoms with Crippen LogP contribution in [0.3, 0.4) is 0 Å². The molecule has 0 heterocycles. The Hall–Kier alpha value is -1.18. The Morgan fingerprint density at radius 1 is 1.23 bits per heavy atom. The molecule has 0 saturated heterocycles. The second-order valence-corrected chi connectivity index (χ2v) is 2.79. The van der Waals surface area contributed by atoms with Gasteiger partial charge in [-0.3, -0.25) is 0 Å². The van der Waals surface area contributed by atoms with Crippen molar-refractivity contribution in [3.63, 3.8) is 0 Å². The second kappa shape index (κ2) is 4.75. The first-order valence-corrected chi connectivity index (χ1v) is 4.32. The summed E-state index contributed by atoms with van der Waals surface area (Å²) in [4.78, 5) is 0. The van der Waals surface area contributed by atoms with Gasteiger partial charge in [-0.05, 0) is 24.1 Å². The maximum Gasteiger partial charge on any atom is 0.160 e. The summed E-state index contributed by atoms with van der Waals surface area (Å²) in [5, 5.41) is 0. The molecule has 0 fully saturated rings. The Balaban J connectivity index is 2.79. The molecule has 0 N–H and O–H groups in total. The third-order valence-electron chi connectivity index (χ3n) is 1.91. The Morgan fingerprint density at radius 2 is 2.00 bits per heavy atom. The first-order chi connectivity index (χ1) is 6.81. The molecule has 0 spiro atoms. The monoisotopic (exact) mass is 181 g/mol. The molecule has 0 aromatic heterocycles. The molecule has 0 aliphatic heterocycles. The van der Waals surface area contributed by atoms with Gasteiger partial charge in [0.2, 0.25) is 0 Å². The number of rotatable bonds is 4. The lowest BCUT2D eigenvalue weighted by Crippen LogP contribution is -1.92. The number of aryl methyl sites for hydroxylation is 1. The lowest BCUT2D eigenvalue weighted by Gasteiger charge is -2.08. The molecule has 0 saturated carbocycles. The minimum absolute atomic E-state index is 0.467. The largest absolute Gasteiger partial charge is 0.493 e. The summed E-state index contributed by atoms with van der Waals surface area (Å²) < 4.78 is 17.4. The van der Waals surface area contributed by atoms with Crippen molar-refractivity contribution >= 4 is 0 Å². The Bertz CT molecular complexity index is 287. The lowest BCUT2D eigenvalue weighted by molar-refractivity contribution is 0.354. The molecular weight excluding hydrogens is 164 g/mol. The predicted molar refractivity (Wildman–Crippen MR) is 53.5 cm³/mol. The van der Waals surface area contributed by atoms with Crippen LogP contribution in [-0.2, 0) is 6.42 Å². The number of ether oxygens (including phenoxy) is 2. The van der Waals surface area contributed by atoms with Crippen molar-refractivity contribution in [2.45, 2.75) is 19.7 Å². The summed E-state index contributed by atoms with van der Waals surface area (Å²) in [6.45, 7) is 0.467. The van der Waals surface area contributed by atoms with Crippen molar-refractivity contribution in [1.82, 2.24) is 0 Å². The van der Waals surface area contributed by atoms with Crippen LogP contribution in [-0.4, -0.2) is 14.2 Å². The number of hydrogen-bond acceptors (Lipinski definition) is 2. The van der Waals surface area contributed by atoms with E-state index in [4.69, 9.17) is 10.8 Å². The second-order valence-electron chi connectivity index (χ2n) is 2.79. The number of hydrogen-bond donors (Lipinski definition) is 0. The van der Waals surface area contributed by atoms with Gasteiger partial charge in [-0.2, -0.15) is 0 Å². The summed E-state index contributed by atoms with van der Waals surface area (Å²) >= 11 is 0. The number of benzene rings is 1. The van der Waals surface area contributed by atoms with E-state index in [1.165, 1.54) is 5.56 Å². The third kappa shape index (κ3) is 2.38. The molecule has 0 bridgehead atoms. The van der Waals surface area contributed by atoms with E-state index in [-0.39, 0.29) is 0 Å². The highest BCUT2D eigenvalue weighted by Gasteiger charge is 2.02. The van der Waals surface area contributed by atoms with E-state index in [0.717, 1.165) is 24.3 Å². The zero-order chi connectivity index (χ0) is 10.4. The van der Waals surface area contributed by atoms with Crippen molar-refractivity contribution in [3.8, 4) is 11.5 Å². The molecule has 0 amide bonds. The molecule has 0 aliphatic rings. The van der Waals surface area contributed by atoms with Crippen LogP contribution in [0.4, 0.5) is 0 Å². The third-order valence-corrected chi connectivity index (χ3v) is 1.91. The maximum absolute atomic E-state index is 7.07. The van der Waals surface area contributed by atoms with Crippen molar-refractivity contribution in [1.29, 1.82) is 0 Å². The van der Waals surface area contributed by atoms with Crippen LogP contribution in [0.25, 0.3) is 0 Å². The summed E-state index contributed by atoms with van der Waals surface area (Å²) in [5.74, 6) is 1.51. The fraction of sp³-hybridized carbons (Fsp3) is 0.455. The molecule has 0 atom stereocenters. The van der Waals surface area contributed by atoms with E-state index in [1.807, 2.05) is 18.2 Å². The maximum atomic E-state index is 7.07. The molecule has 1 aromatic rings. The smallest absolute Gasteiger partial charge is 0.160 e. The Kier molecular flexibility index (Phi) is 3.08. The van der Waals surface area contributed by atoms with Crippen LogP contribution in [0.1, 0.15) is 20.3 Å². The quantitative estimate of drug-likeness (QED) is 0.711. The Labute approximate surface area is 80.9 Å². The topological polar surface area (TPSA) is 18.5 Å². The van der Waals surface area contributed by atoms with E-state index in [1.54, 1.807) is 14.2 Å². The van der Waals surface area contributed by atoms with Crippen LogP contribution in [0.15, 0.2) is 18.2 Å². The minimum atomic E-state index is 0.467. The molecule has 13 heavy (non-hydrogen) atoms. The Morgan fingerprint density at radius 3 is 2.62 bits per heavy atom. The van der Waals surface area contributed by atoms with Gasteiger partial charge in [-0.1, -0.05) is 19.4 Å². The van der Waals surface area contributed by atoms with Crippen LogP contribution >= 0.6 is 0 Å². The van der Waals surface area contributed by atoms with Crippen LogP contribution in [0, 0.1) is 0 Å². The average molecular weight is 181 g/mol. The highest BCUT2D eigenvalue weighted by Crippen LogP contribution is 2.27. The SMILES string of the molecule is [2H]CCCc1ccc(OC)c(OC)c1. The lowest BCUT2D eigenvalue weighted by atomic mass is 10.1. The first kappa shape index (κ1) is 8.42. The van der Waals surface area contributed by atoms with Gasteiger partial charge in [-0.15, -0.1) is 0 Å². The summed E-state index contributed by atoms with van der Waals surface area (Å²) in [7, 11) is 3.26. The highest BCUT2D eigenvalue weighted by molar-refractivity contribution is 5.42. The molecule has 2 nitrogen and oxygen atoms in total. The molecule has 1 aromatic carbocycles. The summed E-state index contributed by atoms with van der Waals surface area (Å²) in [6.07, 6.45) is 1.80. The molecule has 0 unspecified atom stereocenters. The van der Waals surface area contributed by atoms with Gasteiger partial charge in [0.15, 0.2) is 11.5 Å². The highest BCUT2D eigenvalue weighted by atomic mass is 16.5. The van der Waals surface area contributed by atoms with Crippen LogP contribution in [0.5, 0.6) is 11.5 Å². The molecule has 2 heteroatoms. The van der Waals surface area contributed by atoms with E-state index in [2.05, 4.69) is 0 Å². The normalized spacial score (nSPS) is 10.8. The van der Waals surface area contributed by atoms with Gasteiger partial charge in [-0.25, -0.2) is 0 Å². The zero-order valence-corrected chi connectivity index (χ0v) is 8.17. The average Bonchev–Trinajstić information content (AvgIpc) is 2.25. The van der Waals surface area contributed by atoms with Crippen molar-refractivity contribution < 1.29 is 10.8 Å². The van der Waals surface area contributed by atoms with Crippen LogP contribution in [0.2, 0.25) is 0 Å². The summed E-state index contributed by atoms with van der Waals surface area (Å²) in [6, 6.07) is 5.88. The van der Waals surface area contributed by atoms with Crippen molar-refractivity contribution in [3.05, 3.63) is 23.8 Å². The number of methoxy groups -OCH3 is 2. The fourth-order valence-electron chi connectivity index (χ4n) is 1.24. The van der Waals surface area contributed by atoms with E-state index in [9.17, 15) is 0 Å². The van der Waals surface area contributed by atoms with Gasteiger partial charge in [0.25, 0.3) is 0 Å². The molecular formula is C11H16O2. The van der Waals surface area contributed by atoms with Crippen molar-refractivity contribution in [2.24, 2.45) is 0 Å². The minimum Gasteiger partial charge on any atom is -0.493 e. The van der Waals surface area contributed by atoms with Gasteiger partial charge in [0, 0.05) is 1.37 Å². The standard InChI is InChI=1S/C11H16O2/c1-4-5-9-6-7-10(12-2)11(8-9)13-3/h6-8H,4-5H2,1-3H3/i1D. The molecule has 0 aliphatic carbocycles. The first-order valence-electron chi connectivity index (χ1n) is 5.02. The van der Waals surface area contributed by atoms with Gasteiger partial charge < -0.3 is 9.47 Å². The van der Waals surface area contributed by atoms with E-state index >= 15 is 0 Å². The predicted octanol–water partition coefficient (Wildman–Crippen LogP) is 2.66. The molecule has 0 radical (unpaired) electrons. The zero-order valence-electron chi connectivity index (χ0n) is 9.17. The van der Waals surface area contributed by atoms with Crippen molar-refractivity contribution in [2.75, 3.05) is 14.2 Å². The van der Waals surface area contributed by atoms with Gasteiger partial charge >= 0.3 is 0 Å². The van der Waals surface area contributed by atoms with Gasteiger partial charge in [0.05, 0.1) is 14.2 Å². The molecule has 72 valence electrons. The van der Waals surface area contributed by atoms with Crippen LogP contribution < -0.4 is 9.47 Å². The molecule has 1 rings (SSSR count). The van der Waals surface area contributed by atoms with E-state index in [0.29, 0.717) is 6.90 Å². The fourth-order valence-corrected chi connectivity index (χ4v) is 1.24. The summed E-state index contributed by atoms with van der Waals surface area (Å²) in [5.41, 5.74) is 1.19. The van der Waals surface area contributed by atoms with Gasteiger partial charge in [0.1, 0.15) is 0 Å². The van der Waals surface area contributed by atoms with E-state index < -0.39 is 0 Å².